The number of fused-ring (bicyclic) bond motifs is 1. The van der Waals surface area contributed by atoms with Crippen LogP contribution in [-0.2, 0) is 9.84 Å². The Morgan fingerprint density at radius 2 is 1.78 bits per heavy atom. The number of sulfone groups is 1. The van der Waals surface area contributed by atoms with Crippen molar-refractivity contribution in [3.63, 3.8) is 0 Å². The van der Waals surface area contributed by atoms with Gasteiger partial charge in [-0.2, -0.15) is 0 Å². The lowest BCUT2D eigenvalue weighted by Gasteiger charge is -2.22. The van der Waals surface area contributed by atoms with E-state index in [0.717, 1.165) is 23.4 Å². The minimum atomic E-state index is -3.20. The Morgan fingerprint density at radius 3 is 2.41 bits per heavy atom. The largest absolute Gasteiger partial charge is 0.486 e. The van der Waals surface area contributed by atoms with Gasteiger partial charge in [-0.3, -0.25) is 0 Å². The standard InChI is InChI=1S/C19H22N2O4S2/c1-3-16(13-4-7-15(8-5-13)27(2,22)23)21-19(26)20-14-6-9-17-18(12-14)25-11-10-24-17/h4-9,12,16H,3,10-11H2,1-2H3,(H2,20,21,26)/t16-/m1/s1. The van der Waals surface area contributed by atoms with Gasteiger partial charge in [0.05, 0.1) is 10.9 Å². The van der Waals surface area contributed by atoms with E-state index in [1.165, 1.54) is 6.26 Å². The van der Waals surface area contributed by atoms with E-state index in [9.17, 15) is 8.42 Å². The monoisotopic (exact) mass is 406 g/mol. The van der Waals surface area contributed by atoms with Crippen LogP contribution in [0, 0.1) is 0 Å². The fourth-order valence-electron chi connectivity index (χ4n) is 2.81. The third kappa shape index (κ3) is 4.90. The number of hydrogen-bond donors (Lipinski definition) is 2. The molecule has 0 bridgehead atoms. The molecule has 0 unspecified atom stereocenters. The van der Waals surface area contributed by atoms with Crippen LogP contribution in [0.2, 0.25) is 0 Å². The topological polar surface area (TPSA) is 76.7 Å². The van der Waals surface area contributed by atoms with Crippen molar-refractivity contribution in [2.75, 3.05) is 24.8 Å². The van der Waals surface area contributed by atoms with Crippen molar-refractivity contribution in [2.24, 2.45) is 0 Å². The van der Waals surface area contributed by atoms with Gasteiger partial charge in [0.2, 0.25) is 0 Å². The van der Waals surface area contributed by atoms with Gasteiger partial charge in [-0.25, -0.2) is 8.42 Å². The second-order valence-corrected chi connectivity index (χ2v) is 8.68. The molecule has 3 rings (SSSR count). The summed E-state index contributed by atoms with van der Waals surface area (Å²) in [5, 5.41) is 6.90. The molecule has 0 aliphatic carbocycles. The van der Waals surface area contributed by atoms with Crippen LogP contribution >= 0.6 is 12.2 Å². The van der Waals surface area contributed by atoms with E-state index in [4.69, 9.17) is 21.7 Å². The maximum absolute atomic E-state index is 11.6. The molecule has 0 spiro atoms. The van der Waals surface area contributed by atoms with Crippen LogP contribution in [0.5, 0.6) is 11.5 Å². The summed E-state index contributed by atoms with van der Waals surface area (Å²) < 4.78 is 34.3. The smallest absolute Gasteiger partial charge is 0.175 e. The van der Waals surface area contributed by atoms with Crippen LogP contribution < -0.4 is 20.1 Å². The summed E-state index contributed by atoms with van der Waals surface area (Å²) in [6.45, 7) is 3.12. The highest BCUT2D eigenvalue weighted by Crippen LogP contribution is 2.32. The Labute approximate surface area is 164 Å². The number of rotatable bonds is 5. The molecule has 2 N–H and O–H groups in total. The van der Waals surface area contributed by atoms with Crippen LogP contribution in [0.3, 0.4) is 0 Å². The zero-order valence-electron chi connectivity index (χ0n) is 15.2. The predicted octanol–water partition coefficient (Wildman–Crippen LogP) is 3.30. The Hall–Kier alpha value is -2.32. The summed E-state index contributed by atoms with van der Waals surface area (Å²) in [6.07, 6.45) is 1.99. The average molecular weight is 407 g/mol. The molecule has 0 amide bonds. The predicted molar refractivity (Wildman–Crippen MR) is 109 cm³/mol. The first-order valence-electron chi connectivity index (χ1n) is 8.64. The van der Waals surface area contributed by atoms with Crippen LogP contribution in [0.25, 0.3) is 0 Å². The van der Waals surface area contributed by atoms with Crippen molar-refractivity contribution in [1.29, 1.82) is 0 Å². The highest BCUT2D eigenvalue weighted by atomic mass is 32.2. The van der Waals surface area contributed by atoms with E-state index in [1.54, 1.807) is 12.1 Å². The third-order valence-corrected chi connectivity index (χ3v) is 5.57. The van der Waals surface area contributed by atoms with Crippen LogP contribution in [0.15, 0.2) is 47.4 Å². The second-order valence-electron chi connectivity index (χ2n) is 6.26. The highest BCUT2D eigenvalue weighted by Gasteiger charge is 2.15. The Kier molecular flexibility index (Phi) is 5.86. The summed E-state index contributed by atoms with van der Waals surface area (Å²) in [4.78, 5) is 0.304. The van der Waals surface area contributed by atoms with Crippen molar-refractivity contribution in [3.8, 4) is 11.5 Å². The summed E-state index contributed by atoms with van der Waals surface area (Å²) in [7, 11) is -3.20. The second kappa shape index (κ2) is 8.14. The van der Waals surface area contributed by atoms with E-state index >= 15 is 0 Å². The van der Waals surface area contributed by atoms with E-state index in [2.05, 4.69) is 10.6 Å². The van der Waals surface area contributed by atoms with Gasteiger partial charge in [-0.05, 0) is 48.5 Å². The van der Waals surface area contributed by atoms with Crippen molar-refractivity contribution in [2.45, 2.75) is 24.3 Å². The molecule has 6 nitrogen and oxygen atoms in total. The first-order chi connectivity index (χ1) is 12.9. The summed E-state index contributed by atoms with van der Waals surface area (Å²) in [6, 6.07) is 12.4. The zero-order chi connectivity index (χ0) is 19.4. The average Bonchev–Trinajstić information content (AvgIpc) is 2.65. The van der Waals surface area contributed by atoms with Crippen molar-refractivity contribution < 1.29 is 17.9 Å². The molecule has 1 heterocycles. The molecular formula is C19H22N2O4S2. The van der Waals surface area contributed by atoms with Crippen molar-refractivity contribution in [1.82, 2.24) is 5.32 Å². The van der Waals surface area contributed by atoms with E-state index < -0.39 is 9.84 Å². The van der Waals surface area contributed by atoms with Crippen LogP contribution in [0.1, 0.15) is 24.9 Å². The Bertz CT molecular complexity index is 927. The van der Waals surface area contributed by atoms with Crippen LogP contribution in [-0.4, -0.2) is 33.0 Å². The lowest BCUT2D eigenvalue weighted by atomic mass is 10.1. The number of nitrogens with one attached hydrogen (secondary N) is 2. The molecule has 1 aliphatic heterocycles. The van der Waals surface area contributed by atoms with Gasteiger partial charge in [-0.15, -0.1) is 0 Å². The normalized spacial score (nSPS) is 14.3. The minimum Gasteiger partial charge on any atom is -0.486 e. The maximum atomic E-state index is 11.6. The van der Waals surface area contributed by atoms with E-state index in [-0.39, 0.29) is 6.04 Å². The Balaban J connectivity index is 1.66. The lowest BCUT2D eigenvalue weighted by Crippen LogP contribution is -2.32. The van der Waals surface area contributed by atoms with Crippen molar-refractivity contribution in [3.05, 3.63) is 48.0 Å². The SMILES string of the molecule is CC[C@@H](NC(=S)Nc1ccc2c(c1)OCCO2)c1ccc(S(C)(=O)=O)cc1. The molecule has 2 aromatic carbocycles. The molecule has 0 saturated carbocycles. The van der Waals surface area contributed by atoms with E-state index in [0.29, 0.717) is 29.0 Å². The fourth-order valence-corrected chi connectivity index (χ4v) is 3.71. The quantitative estimate of drug-likeness (QED) is 0.738. The number of anilines is 1. The summed E-state index contributed by atoms with van der Waals surface area (Å²) in [5.74, 6) is 1.42. The number of benzene rings is 2. The molecule has 0 aromatic heterocycles. The van der Waals surface area contributed by atoms with Gasteiger partial charge in [0.15, 0.2) is 26.4 Å². The van der Waals surface area contributed by atoms with Gasteiger partial charge in [0, 0.05) is 18.0 Å². The number of thiocarbonyl (C=S) groups is 1. The summed E-state index contributed by atoms with van der Waals surface area (Å²) >= 11 is 5.43. The molecule has 0 fully saturated rings. The fraction of sp³-hybridized carbons (Fsp3) is 0.316. The van der Waals surface area contributed by atoms with Gasteiger partial charge >= 0.3 is 0 Å². The van der Waals surface area contributed by atoms with Gasteiger partial charge in [0.25, 0.3) is 0 Å². The number of hydrogen-bond acceptors (Lipinski definition) is 5. The Morgan fingerprint density at radius 1 is 1.11 bits per heavy atom. The molecule has 2 aromatic rings. The van der Waals surface area contributed by atoms with Gasteiger partial charge < -0.3 is 20.1 Å². The molecular weight excluding hydrogens is 384 g/mol. The van der Waals surface area contributed by atoms with Gasteiger partial charge in [0.1, 0.15) is 13.2 Å². The first kappa shape index (κ1) is 19.4. The van der Waals surface area contributed by atoms with Crippen molar-refractivity contribution >= 4 is 32.9 Å². The molecule has 1 atom stereocenters. The third-order valence-electron chi connectivity index (χ3n) is 4.22. The van der Waals surface area contributed by atoms with E-state index in [1.807, 2.05) is 37.3 Å². The molecule has 144 valence electrons. The lowest BCUT2D eigenvalue weighted by molar-refractivity contribution is 0.171. The summed E-state index contributed by atoms with van der Waals surface area (Å²) in [5.41, 5.74) is 1.77. The number of ether oxygens (including phenoxy) is 2. The molecule has 1 aliphatic rings. The molecule has 27 heavy (non-hydrogen) atoms. The maximum Gasteiger partial charge on any atom is 0.175 e. The highest BCUT2D eigenvalue weighted by molar-refractivity contribution is 7.90. The molecule has 0 saturated heterocycles. The minimum absolute atomic E-state index is 0.0316. The zero-order valence-corrected chi connectivity index (χ0v) is 16.8. The van der Waals surface area contributed by atoms with Gasteiger partial charge in [-0.1, -0.05) is 19.1 Å². The first-order valence-corrected chi connectivity index (χ1v) is 10.9. The molecule has 8 heteroatoms. The molecule has 0 radical (unpaired) electrons. The van der Waals surface area contributed by atoms with Crippen LogP contribution in [0.4, 0.5) is 5.69 Å².